The first-order chi connectivity index (χ1) is 10.1. The average molecular weight is 288 g/mol. The number of unbranched alkanes of at least 4 members (excludes halogenated alkanes) is 1. The Kier molecular flexibility index (Phi) is 6.99. The molecule has 5 heteroatoms. The van der Waals surface area contributed by atoms with Gasteiger partial charge in [-0.1, -0.05) is 30.3 Å². The molecule has 5 nitrogen and oxygen atoms in total. The summed E-state index contributed by atoms with van der Waals surface area (Å²) in [7, 11) is 1.44. The number of terminal acetylenes is 1. The summed E-state index contributed by atoms with van der Waals surface area (Å²) in [5, 5.41) is 2.62. The fourth-order valence-corrected chi connectivity index (χ4v) is 1.96. The molecule has 0 aromatic heterocycles. The molecule has 0 radical (unpaired) electrons. The highest BCUT2D eigenvalue weighted by Gasteiger charge is 2.24. The molecule has 0 bridgehead atoms. The molecule has 0 aliphatic carbocycles. The summed E-state index contributed by atoms with van der Waals surface area (Å²) in [5.41, 5.74) is 6.01. The van der Waals surface area contributed by atoms with Crippen molar-refractivity contribution in [3.8, 4) is 12.3 Å². The maximum atomic E-state index is 12.2. The lowest BCUT2D eigenvalue weighted by molar-refractivity contribution is -0.135. The van der Waals surface area contributed by atoms with Gasteiger partial charge in [0.05, 0.1) is 0 Å². The predicted molar refractivity (Wildman–Crippen MR) is 80.0 cm³/mol. The summed E-state index contributed by atoms with van der Waals surface area (Å²) < 4.78 is 5.21. The molecule has 2 amide bonds. The number of hydrogen-bond acceptors (Lipinski definition) is 3. The van der Waals surface area contributed by atoms with Crippen molar-refractivity contribution in [3.63, 3.8) is 0 Å². The van der Waals surface area contributed by atoms with E-state index in [4.69, 9.17) is 16.9 Å². The maximum Gasteiger partial charge on any atom is 0.254 e. The molecule has 0 fully saturated rings. The third kappa shape index (κ3) is 5.28. The van der Waals surface area contributed by atoms with Crippen LogP contribution in [0.2, 0.25) is 0 Å². The van der Waals surface area contributed by atoms with Crippen LogP contribution in [0.15, 0.2) is 30.3 Å². The van der Waals surface area contributed by atoms with Crippen LogP contribution in [0.5, 0.6) is 0 Å². The lowest BCUT2D eigenvalue weighted by Crippen LogP contribution is -2.46. The van der Waals surface area contributed by atoms with E-state index >= 15 is 0 Å². The van der Waals surface area contributed by atoms with Gasteiger partial charge in [0.2, 0.25) is 5.91 Å². The van der Waals surface area contributed by atoms with Crippen LogP contribution in [0.1, 0.15) is 30.9 Å². The smallest absolute Gasteiger partial charge is 0.254 e. The van der Waals surface area contributed by atoms with Crippen molar-refractivity contribution >= 4 is 11.8 Å². The van der Waals surface area contributed by atoms with Crippen LogP contribution in [-0.4, -0.2) is 25.0 Å². The Morgan fingerprint density at radius 1 is 1.38 bits per heavy atom. The van der Waals surface area contributed by atoms with E-state index in [1.807, 2.05) is 18.2 Å². The molecule has 2 atom stereocenters. The van der Waals surface area contributed by atoms with E-state index < -0.39 is 24.0 Å². The Morgan fingerprint density at radius 3 is 2.57 bits per heavy atom. The first-order valence-corrected chi connectivity index (χ1v) is 6.71. The zero-order valence-electron chi connectivity index (χ0n) is 12.0. The molecule has 1 aromatic rings. The van der Waals surface area contributed by atoms with Crippen LogP contribution in [-0.2, 0) is 14.3 Å². The van der Waals surface area contributed by atoms with Gasteiger partial charge < -0.3 is 15.8 Å². The molecule has 0 saturated carbocycles. The highest BCUT2D eigenvalue weighted by molar-refractivity contribution is 5.89. The lowest BCUT2D eigenvalue weighted by atomic mass is 10.1. The number of methoxy groups -OCH3 is 1. The van der Waals surface area contributed by atoms with Crippen molar-refractivity contribution in [1.82, 2.24) is 5.32 Å². The van der Waals surface area contributed by atoms with E-state index in [0.717, 1.165) is 0 Å². The van der Waals surface area contributed by atoms with Gasteiger partial charge in [-0.05, 0) is 18.4 Å². The summed E-state index contributed by atoms with van der Waals surface area (Å²) in [6.45, 7) is 0. The van der Waals surface area contributed by atoms with Crippen molar-refractivity contribution in [2.75, 3.05) is 7.11 Å². The molecule has 112 valence electrons. The molecule has 0 saturated heterocycles. The largest absolute Gasteiger partial charge is 0.368 e. The van der Waals surface area contributed by atoms with Crippen molar-refractivity contribution in [2.45, 2.75) is 31.4 Å². The summed E-state index contributed by atoms with van der Waals surface area (Å²) in [6.07, 6.45) is 5.95. The summed E-state index contributed by atoms with van der Waals surface area (Å²) in [5.74, 6) is 1.51. The molecule has 0 heterocycles. The van der Waals surface area contributed by atoms with Gasteiger partial charge in [-0.15, -0.1) is 12.3 Å². The van der Waals surface area contributed by atoms with Crippen LogP contribution in [0.3, 0.4) is 0 Å². The van der Waals surface area contributed by atoms with Crippen molar-refractivity contribution < 1.29 is 14.3 Å². The van der Waals surface area contributed by atoms with E-state index in [0.29, 0.717) is 24.8 Å². The zero-order valence-corrected chi connectivity index (χ0v) is 12.0. The highest BCUT2D eigenvalue weighted by atomic mass is 16.5. The second-order valence-corrected chi connectivity index (χ2v) is 4.59. The second kappa shape index (κ2) is 8.77. The summed E-state index contributed by atoms with van der Waals surface area (Å²) in [4.78, 5) is 23.6. The van der Waals surface area contributed by atoms with Gasteiger partial charge in [-0.25, -0.2) is 0 Å². The SMILES string of the molecule is C#CCCC[C@@H](NC(=O)[C@@H](OC)c1ccccc1)C(N)=O. The molecule has 1 rings (SSSR count). The number of ether oxygens (including phenoxy) is 1. The number of benzene rings is 1. The van der Waals surface area contributed by atoms with Crippen LogP contribution in [0.4, 0.5) is 0 Å². The van der Waals surface area contributed by atoms with E-state index in [9.17, 15) is 9.59 Å². The third-order valence-corrected chi connectivity index (χ3v) is 3.05. The Morgan fingerprint density at radius 2 is 2.05 bits per heavy atom. The van der Waals surface area contributed by atoms with Crippen molar-refractivity contribution in [2.24, 2.45) is 5.73 Å². The number of nitrogens with one attached hydrogen (secondary N) is 1. The fourth-order valence-electron chi connectivity index (χ4n) is 1.96. The Bertz CT molecular complexity index is 508. The number of carbonyl (C=O) groups is 2. The van der Waals surface area contributed by atoms with E-state index in [1.165, 1.54) is 7.11 Å². The van der Waals surface area contributed by atoms with Crippen LogP contribution in [0, 0.1) is 12.3 Å². The lowest BCUT2D eigenvalue weighted by Gasteiger charge is -2.20. The topological polar surface area (TPSA) is 81.4 Å². The molecule has 21 heavy (non-hydrogen) atoms. The average Bonchev–Trinajstić information content (AvgIpc) is 2.48. The normalized spacial score (nSPS) is 13.0. The number of amides is 2. The van der Waals surface area contributed by atoms with E-state index in [-0.39, 0.29) is 0 Å². The van der Waals surface area contributed by atoms with E-state index in [1.54, 1.807) is 12.1 Å². The molecule has 0 aliphatic heterocycles. The maximum absolute atomic E-state index is 12.2. The second-order valence-electron chi connectivity index (χ2n) is 4.59. The van der Waals surface area contributed by atoms with Gasteiger partial charge in [0.25, 0.3) is 5.91 Å². The minimum absolute atomic E-state index is 0.395. The van der Waals surface area contributed by atoms with Crippen LogP contribution in [0.25, 0.3) is 0 Å². The van der Waals surface area contributed by atoms with Crippen LogP contribution < -0.4 is 11.1 Å². The highest BCUT2D eigenvalue weighted by Crippen LogP contribution is 2.16. The quantitative estimate of drug-likeness (QED) is 0.556. The number of rotatable bonds is 8. The Hall–Kier alpha value is -2.32. The number of hydrogen-bond donors (Lipinski definition) is 2. The summed E-state index contributed by atoms with van der Waals surface area (Å²) in [6, 6.07) is 8.30. The number of nitrogens with two attached hydrogens (primary N) is 1. The number of carbonyl (C=O) groups excluding carboxylic acids is 2. The molecule has 0 aliphatic rings. The zero-order chi connectivity index (χ0) is 15.7. The first-order valence-electron chi connectivity index (χ1n) is 6.71. The third-order valence-electron chi connectivity index (χ3n) is 3.05. The summed E-state index contributed by atoms with van der Waals surface area (Å²) >= 11 is 0. The molecule has 0 unspecified atom stereocenters. The monoisotopic (exact) mass is 288 g/mol. The molecule has 3 N–H and O–H groups in total. The van der Waals surface area contributed by atoms with Gasteiger partial charge in [0, 0.05) is 13.5 Å². The van der Waals surface area contributed by atoms with Crippen molar-refractivity contribution in [3.05, 3.63) is 35.9 Å². The van der Waals surface area contributed by atoms with Gasteiger partial charge >= 0.3 is 0 Å². The van der Waals surface area contributed by atoms with Crippen molar-refractivity contribution in [1.29, 1.82) is 0 Å². The molecule has 0 spiro atoms. The Labute approximate surface area is 124 Å². The van der Waals surface area contributed by atoms with Crippen LogP contribution >= 0.6 is 0 Å². The minimum Gasteiger partial charge on any atom is -0.368 e. The van der Waals surface area contributed by atoms with Gasteiger partial charge in [0.15, 0.2) is 6.10 Å². The van der Waals surface area contributed by atoms with E-state index in [2.05, 4.69) is 11.2 Å². The number of primary amides is 1. The predicted octanol–water partition coefficient (Wildman–Crippen LogP) is 1.15. The molecule has 1 aromatic carbocycles. The standard InChI is InChI=1S/C16H20N2O3/c1-3-4-6-11-13(15(17)19)18-16(20)14(21-2)12-9-7-5-8-10-12/h1,5,7-10,13-14H,4,6,11H2,2H3,(H2,17,19)(H,18,20)/t13-,14+/m1/s1. The Balaban J connectivity index is 2.71. The van der Waals surface area contributed by atoms with Gasteiger partial charge in [0.1, 0.15) is 6.04 Å². The van der Waals surface area contributed by atoms with Gasteiger partial charge in [-0.2, -0.15) is 0 Å². The minimum atomic E-state index is -0.777. The first kappa shape index (κ1) is 16.7. The fraction of sp³-hybridized carbons (Fsp3) is 0.375. The molecular formula is C16H20N2O3. The molecular weight excluding hydrogens is 268 g/mol. The van der Waals surface area contributed by atoms with Gasteiger partial charge in [-0.3, -0.25) is 9.59 Å².